The quantitative estimate of drug-likeness (QED) is 0.436. The standard InChI is InChI=1S/C29H32N6O5/c1-38-27-17-22(3-4-25(27)34-12-14-39-15-13-34)32-29-31-9-6-24(33-29)20-2-5-26(21(16-20)18-30)40-23-7-10-35(11-8-23)28(37)19-36/h2-6,9,16-17,23,36H,7-8,10-15,19H2,1H3,(H,31,32,33). The molecule has 0 aliphatic carbocycles. The number of likely N-dealkylation sites (tertiary alicyclic amines) is 1. The lowest BCUT2D eigenvalue weighted by atomic mass is 10.1. The van der Waals surface area contributed by atoms with Gasteiger partial charge >= 0.3 is 0 Å². The van der Waals surface area contributed by atoms with Crippen molar-refractivity contribution >= 4 is 23.2 Å². The molecule has 0 radical (unpaired) electrons. The van der Waals surface area contributed by atoms with E-state index in [2.05, 4.69) is 26.3 Å². The Morgan fingerprint density at radius 2 is 1.93 bits per heavy atom. The van der Waals surface area contributed by atoms with Gasteiger partial charge in [-0.15, -0.1) is 0 Å². The van der Waals surface area contributed by atoms with Gasteiger partial charge in [-0.05, 0) is 36.4 Å². The van der Waals surface area contributed by atoms with Gasteiger partial charge in [0.05, 0.1) is 37.3 Å². The zero-order valence-corrected chi connectivity index (χ0v) is 22.4. The van der Waals surface area contributed by atoms with Crippen molar-refractivity contribution in [2.75, 3.05) is 63.3 Å². The molecule has 2 aromatic carbocycles. The number of aliphatic hydroxyl groups excluding tert-OH is 1. The predicted molar refractivity (Wildman–Crippen MR) is 149 cm³/mol. The third-order valence-corrected chi connectivity index (χ3v) is 7.06. The number of carbonyl (C=O) groups excluding carboxylic acids is 1. The number of benzene rings is 2. The van der Waals surface area contributed by atoms with Gasteiger partial charge < -0.3 is 34.4 Å². The van der Waals surface area contributed by atoms with Crippen molar-refractivity contribution < 1.29 is 24.1 Å². The fourth-order valence-corrected chi connectivity index (χ4v) is 4.91. The first-order valence-corrected chi connectivity index (χ1v) is 13.3. The molecule has 0 saturated carbocycles. The highest BCUT2D eigenvalue weighted by Gasteiger charge is 2.24. The van der Waals surface area contributed by atoms with Gasteiger partial charge in [-0.2, -0.15) is 5.26 Å². The summed E-state index contributed by atoms with van der Waals surface area (Å²) >= 11 is 0. The Morgan fingerprint density at radius 3 is 2.65 bits per heavy atom. The molecule has 2 aliphatic heterocycles. The summed E-state index contributed by atoms with van der Waals surface area (Å²) in [6, 6.07) is 15.3. The molecule has 1 aromatic heterocycles. The number of piperidine rings is 1. The molecule has 11 nitrogen and oxygen atoms in total. The predicted octanol–water partition coefficient (Wildman–Crippen LogP) is 2.97. The molecule has 11 heteroatoms. The fourth-order valence-electron chi connectivity index (χ4n) is 4.91. The molecule has 0 atom stereocenters. The minimum absolute atomic E-state index is 0.109. The number of anilines is 3. The second kappa shape index (κ2) is 12.6. The number of amides is 1. The van der Waals surface area contributed by atoms with Crippen LogP contribution in [0.5, 0.6) is 11.5 Å². The lowest BCUT2D eigenvalue weighted by Gasteiger charge is -2.32. The molecule has 5 rings (SSSR count). The average molecular weight is 545 g/mol. The van der Waals surface area contributed by atoms with Crippen LogP contribution in [-0.4, -0.2) is 85.1 Å². The van der Waals surface area contributed by atoms with Gasteiger partial charge in [-0.1, -0.05) is 0 Å². The molecule has 208 valence electrons. The third kappa shape index (κ3) is 6.25. The van der Waals surface area contributed by atoms with Gasteiger partial charge in [0.2, 0.25) is 11.9 Å². The number of rotatable bonds is 8. The van der Waals surface area contributed by atoms with E-state index in [0.29, 0.717) is 62.1 Å². The number of methoxy groups -OCH3 is 1. The van der Waals surface area contributed by atoms with Crippen LogP contribution in [0.4, 0.5) is 17.3 Å². The molecule has 0 bridgehead atoms. The highest BCUT2D eigenvalue weighted by atomic mass is 16.5. The van der Waals surface area contributed by atoms with Crippen molar-refractivity contribution in [1.82, 2.24) is 14.9 Å². The molecular weight excluding hydrogens is 512 g/mol. The van der Waals surface area contributed by atoms with Gasteiger partial charge in [0.1, 0.15) is 30.3 Å². The molecule has 2 saturated heterocycles. The van der Waals surface area contributed by atoms with Gasteiger partial charge in [-0.3, -0.25) is 4.79 Å². The van der Waals surface area contributed by atoms with Crippen LogP contribution in [-0.2, 0) is 9.53 Å². The number of nitrogens with zero attached hydrogens (tertiary/aromatic N) is 5. The number of aliphatic hydroxyl groups is 1. The number of hydrogen-bond donors (Lipinski definition) is 2. The van der Waals surface area contributed by atoms with Crippen LogP contribution in [0.1, 0.15) is 18.4 Å². The van der Waals surface area contributed by atoms with E-state index < -0.39 is 6.61 Å². The largest absolute Gasteiger partial charge is 0.495 e. The topological polar surface area (TPSA) is 133 Å². The molecular formula is C29H32N6O5. The Hall–Kier alpha value is -4.40. The van der Waals surface area contributed by atoms with Crippen molar-refractivity contribution in [3.05, 3.63) is 54.2 Å². The summed E-state index contributed by atoms with van der Waals surface area (Å²) in [7, 11) is 1.65. The van der Waals surface area contributed by atoms with Gasteiger partial charge in [0, 0.05) is 62.5 Å². The molecule has 0 unspecified atom stereocenters. The molecule has 2 fully saturated rings. The fraction of sp³-hybridized carbons (Fsp3) is 0.379. The number of nitrogens with one attached hydrogen (secondary N) is 1. The first-order chi connectivity index (χ1) is 19.6. The number of aromatic nitrogens is 2. The number of carbonyl (C=O) groups is 1. The van der Waals surface area contributed by atoms with E-state index in [1.807, 2.05) is 24.3 Å². The van der Waals surface area contributed by atoms with Crippen molar-refractivity contribution in [1.29, 1.82) is 5.26 Å². The maximum atomic E-state index is 11.7. The third-order valence-electron chi connectivity index (χ3n) is 7.06. The molecule has 40 heavy (non-hydrogen) atoms. The number of hydrogen-bond acceptors (Lipinski definition) is 10. The monoisotopic (exact) mass is 544 g/mol. The Labute approximate surface area is 232 Å². The summed E-state index contributed by atoms with van der Waals surface area (Å²) in [6.07, 6.45) is 2.83. The van der Waals surface area contributed by atoms with Crippen LogP contribution in [0.25, 0.3) is 11.3 Å². The summed E-state index contributed by atoms with van der Waals surface area (Å²) < 4.78 is 17.2. The maximum absolute atomic E-state index is 11.7. The van der Waals surface area contributed by atoms with Gasteiger partial charge in [-0.25, -0.2) is 9.97 Å². The van der Waals surface area contributed by atoms with Crippen LogP contribution in [0.3, 0.4) is 0 Å². The molecule has 0 spiro atoms. The minimum atomic E-state index is -0.485. The maximum Gasteiger partial charge on any atom is 0.248 e. The first kappa shape index (κ1) is 27.2. The van der Waals surface area contributed by atoms with E-state index in [4.69, 9.17) is 19.3 Å². The van der Waals surface area contributed by atoms with Crippen molar-refractivity contribution in [2.45, 2.75) is 18.9 Å². The zero-order valence-electron chi connectivity index (χ0n) is 22.4. The van der Waals surface area contributed by atoms with Gasteiger partial charge in [0.15, 0.2) is 0 Å². The van der Waals surface area contributed by atoms with E-state index in [1.54, 1.807) is 36.4 Å². The van der Waals surface area contributed by atoms with Crippen molar-refractivity contribution in [3.63, 3.8) is 0 Å². The molecule has 1 amide bonds. The summed E-state index contributed by atoms with van der Waals surface area (Å²) in [6.45, 7) is 3.56. The second-order valence-electron chi connectivity index (χ2n) is 9.56. The Balaban J connectivity index is 1.28. The molecule has 3 heterocycles. The zero-order chi connectivity index (χ0) is 27.9. The van der Waals surface area contributed by atoms with Crippen molar-refractivity contribution in [3.8, 4) is 28.8 Å². The summed E-state index contributed by atoms with van der Waals surface area (Å²) in [5.74, 6) is 1.39. The SMILES string of the molecule is COc1cc(Nc2nccc(-c3ccc(OC4CCN(C(=O)CO)CC4)c(C#N)c3)n2)ccc1N1CCOCC1. The normalized spacial score (nSPS) is 15.8. The second-order valence-corrected chi connectivity index (χ2v) is 9.56. The van der Waals surface area contributed by atoms with Crippen LogP contribution in [0.15, 0.2) is 48.7 Å². The highest BCUT2D eigenvalue weighted by molar-refractivity contribution is 5.77. The molecule has 2 N–H and O–H groups in total. The van der Waals surface area contributed by atoms with E-state index in [1.165, 1.54) is 0 Å². The van der Waals surface area contributed by atoms with E-state index in [9.17, 15) is 10.1 Å². The van der Waals surface area contributed by atoms with E-state index in [0.717, 1.165) is 35.8 Å². The molecule has 3 aromatic rings. The summed E-state index contributed by atoms with van der Waals surface area (Å²) in [5, 5.41) is 22.1. The van der Waals surface area contributed by atoms with Crippen molar-refractivity contribution in [2.24, 2.45) is 0 Å². The summed E-state index contributed by atoms with van der Waals surface area (Å²) in [5.41, 5.74) is 3.63. The van der Waals surface area contributed by atoms with Crippen LogP contribution in [0, 0.1) is 11.3 Å². The molecule has 2 aliphatic rings. The number of ether oxygens (including phenoxy) is 3. The Bertz CT molecular complexity index is 1380. The smallest absolute Gasteiger partial charge is 0.248 e. The lowest BCUT2D eigenvalue weighted by Crippen LogP contribution is -2.42. The summed E-state index contributed by atoms with van der Waals surface area (Å²) in [4.78, 5) is 24.6. The highest BCUT2D eigenvalue weighted by Crippen LogP contribution is 2.33. The van der Waals surface area contributed by atoms with E-state index >= 15 is 0 Å². The van der Waals surface area contributed by atoms with Crippen LogP contribution < -0.4 is 19.7 Å². The van der Waals surface area contributed by atoms with E-state index in [-0.39, 0.29) is 12.0 Å². The number of morpholine rings is 1. The Kier molecular flexibility index (Phi) is 8.59. The number of nitriles is 1. The minimum Gasteiger partial charge on any atom is -0.495 e. The average Bonchev–Trinajstić information content (AvgIpc) is 3.01. The Morgan fingerprint density at radius 1 is 1.12 bits per heavy atom. The first-order valence-electron chi connectivity index (χ1n) is 13.3. The van der Waals surface area contributed by atoms with Crippen LogP contribution in [0.2, 0.25) is 0 Å². The van der Waals surface area contributed by atoms with Crippen LogP contribution >= 0.6 is 0 Å². The van der Waals surface area contributed by atoms with Gasteiger partial charge in [0.25, 0.3) is 0 Å². The lowest BCUT2D eigenvalue weighted by molar-refractivity contribution is -0.135.